The topological polar surface area (TPSA) is 96.7 Å². The van der Waals surface area contributed by atoms with Crippen LogP contribution >= 0.6 is 0 Å². The molecule has 2 aliphatic carbocycles. The van der Waals surface area contributed by atoms with Gasteiger partial charge in [0.25, 0.3) is 5.89 Å². The Balaban J connectivity index is 1.27. The van der Waals surface area contributed by atoms with Crippen molar-refractivity contribution in [3.05, 3.63) is 17.9 Å². The predicted octanol–water partition coefficient (Wildman–Crippen LogP) is 2.57. The van der Waals surface area contributed by atoms with Gasteiger partial charge in [-0.15, -0.1) is 10.2 Å². The molecule has 1 aliphatic heterocycles. The van der Waals surface area contributed by atoms with Crippen molar-refractivity contribution in [1.29, 1.82) is 0 Å². The van der Waals surface area contributed by atoms with Crippen LogP contribution in [0.2, 0.25) is 0 Å². The molecule has 0 bridgehead atoms. The van der Waals surface area contributed by atoms with Gasteiger partial charge < -0.3 is 14.7 Å². The number of amides is 1. The number of imidazole rings is 1. The molecule has 3 fully saturated rings. The van der Waals surface area contributed by atoms with E-state index in [1.807, 2.05) is 0 Å². The summed E-state index contributed by atoms with van der Waals surface area (Å²) in [5.41, 5.74) is 0.765. The normalized spacial score (nSPS) is 29.3. The number of rotatable bonds is 4. The Morgan fingerprint density at radius 3 is 2.92 bits per heavy atom. The first-order chi connectivity index (χ1) is 12.3. The van der Waals surface area contributed by atoms with E-state index < -0.39 is 0 Å². The number of carbonyl (C=O) groups is 1. The summed E-state index contributed by atoms with van der Waals surface area (Å²) in [5, 5.41) is 11.5. The molecule has 2 aromatic heterocycles. The highest BCUT2D eigenvalue weighted by molar-refractivity contribution is 5.80. The SMILES string of the molecule is O=C1NC2CCCCC2CC1Cc1nnc(-c2cnc(C3CC3)[nH]2)o1. The van der Waals surface area contributed by atoms with Crippen LogP contribution in [0.25, 0.3) is 11.6 Å². The van der Waals surface area contributed by atoms with Gasteiger partial charge in [-0.3, -0.25) is 4.79 Å². The van der Waals surface area contributed by atoms with Gasteiger partial charge in [-0.25, -0.2) is 4.98 Å². The van der Waals surface area contributed by atoms with Gasteiger partial charge in [-0.1, -0.05) is 12.8 Å². The second kappa shape index (κ2) is 5.97. The van der Waals surface area contributed by atoms with Crippen LogP contribution < -0.4 is 5.32 Å². The number of carbonyl (C=O) groups excluding carboxylic acids is 1. The number of H-pyrrole nitrogens is 1. The fraction of sp³-hybridized carbons (Fsp3) is 0.667. The van der Waals surface area contributed by atoms with E-state index in [1.165, 1.54) is 32.1 Å². The second-order valence-corrected chi connectivity index (χ2v) is 7.75. The molecule has 3 aliphatic rings. The summed E-state index contributed by atoms with van der Waals surface area (Å²) in [6.07, 6.45) is 10.4. The zero-order valence-electron chi connectivity index (χ0n) is 14.2. The molecule has 132 valence electrons. The third-order valence-electron chi connectivity index (χ3n) is 5.87. The number of nitrogens with one attached hydrogen (secondary N) is 2. The van der Waals surface area contributed by atoms with Gasteiger partial charge >= 0.3 is 0 Å². The molecule has 25 heavy (non-hydrogen) atoms. The maximum Gasteiger partial charge on any atom is 0.265 e. The van der Waals surface area contributed by atoms with Crippen molar-refractivity contribution in [2.45, 2.75) is 63.3 Å². The summed E-state index contributed by atoms with van der Waals surface area (Å²) >= 11 is 0. The zero-order valence-corrected chi connectivity index (χ0v) is 14.2. The van der Waals surface area contributed by atoms with Gasteiger partial charge in [0.2, 0.25) is 11.8 Å². The predicted molar refractivity (Wildman–Crippen MR) is 89.6 cm³/mol. The molecule has 1 saturated heterocycles. The molecule has 2 N–H and O–H groups in total. The Bertz CT molecular complexity index is 778. The van der Waals surface area contributed by atoms with E-state index in [-0.39, 0.29) is 11.8 Å². The molecule has 2 saturated carbocycles. The quantitative estimate of drug-likeness (QED) is 0.891. The van der Waals surface area contributed by atoms with E-state index in [0.29, 0.717) is 36.1 Å². The minimum atomic E-state index is -0.0589. The van der Waals surface area contributed by atoms with Crippen LogP contribution in [-0.4, -0.2) is 32.1 Å². The van der Waals surface area contributed by atoms with E-state index in [4.69, 9.17) is 4.42 Å². The third kappa shape index (κ3) is 2.96. The molecule has 2 aromatic rings. The van der Waals surface area contributed by atoms with Gasteiger partial charge in [-0.05, 0) is 38.0 Å². The number of aromatic amines is 1. The van der Waals surface area contributed by atoms with Gasteiger partial charge in [0.05, 0.1) is 6.20 Å². The molecule has 7 nitrogen and oxygen atoms in total. The number of hydrogen-bond donors (Lipinski definition) is 2. The lowest BCUT2D eigenvalue weighted by atomic mass is 9.75. The van der Waals surface area contributed by atoms with Crippen LogP contribution in [0.5, 0.6) is 0 Å². The standard InChI is InChI=1S/C18H23N5O2/c24-17-12(7-11-3-1-2-4-13(11)21-17)8-15-22-23-18(25-15)14-9-19-16(20-14)10-5-6-10/h9-13H,1-8H2,(H,19,20)(H,21,24). The molecule has 7 heteroatoms. The van der Waals surface area contributed by atoms with Gasteiger partial charge in [0.15, 0.2) is 0 Å². The van der Waals surface area contributed by atoms with Crippen LogP contribution in [0.15, 0.2) is 10.6 Å². The summed E-state index contributed by atoms with van der Waals surface area (Å²) < 4.78 is 5.80. The number of aromatic nitrogens is 4. The molecule has 3 unspecified atom stereocenters. The van der Waals surface area contributed by atoms with Gasteiger partial charge in [0, 0.05) is 24.3 Å². The average molecular weight is 341 g/mol. The Morgan fingerprint density at radius 2 is 2.04 bits per heavy atom. The zero-order chi connectivity index (χ0) is 16.8. The monoisotopic (exact) mass is 341 g/mol. The summed E-state index contributed by atoms with van der Waals surface area (Å²) in [4.78, 5) is 20.1. The van der Waals surface area contributed by atoms with Crippen LogP contribution in [-0.2, 0) is 11.2 Å². The molecule has 0 radical (unpaired) electrons. The molecular weight excluding hydrogens is 318 g/mol. The van der Waals surface area contributed by atoms with Crippen molar-refractivity contribution in [3.8, 4) is 11.6 Å². The Morgan fingerprint density at radius 1 is 1.16 bits per heavy atom. The van der Waals surface area contributed by atoms with Gasteiger partial charge in [-0.2, -0.15) is 0 Å². The maximum atomic E-state index is 12.4. The molecule has 1 amide bonds. The number of nitrogens with zero attached hydrogens (tertiary/aromatic N) is 3. The Hall–Kier alpha value is -2.18. The molecule has 0 spiro atoms. The van der Waals surface area contributed by atoms with Crippen molar-refractivity contribution in [3.63, 3.8) is 0 Å². The summed E-state index contributed by atoms with van der Waals surface area (Å²) in [5.74, 6) is 3.24. The minimum Gasteiger partial charge on any atom is -0.419 e. The molecule has 3 heterocycles. The summed E-state index contributed by atoms with van der Waals surface area (Å²) in [6, 6.07) is 0.376. The highest BCUT2D eigenvalue weighted by atomic mass is 16.4. The first-order valence-electron chi connectivity index (χ1n) is 9.44. The van der Waals surface area contributed by atoms with E-state index in [1.54, 1.807) is 6.20 Å². The fourth-order valence-electron chi connectivity index (χ4n) is 4.29. The van der Waals surface area contributed by atoms with E-state index in [2.05, 4.69) is 25.5 Å². The number of fused-ring (bicyclic) bond motifs is 1. The summed E-state index contributed by atoms with van der Waals surface area (Å²) in [6.45, 7) is 0. The number of hydrogen-bond acceptors (Lipinski definition) is 5. The Kier molecular flexibility index (Phi) is 3.60. The lowest BCUT2D eigenvalue weighted by Crippen LogP contribution is -2.51. The van der Waals surface area contributed by atoms with E-state index in [0.717, 1.165) is 24.4 Å². The first kappa shape index (κ1) is 15.1. The minimum absolute atomic E-state index is 0.0589. The highest BCUT2D eigenvalue weighted by Crippen LogP contribution is 2.39. The van der Waals surface area contributed by atoms with Crippen molar-refractivity contribution in [2.75, 3.05) is 0 Å². The molecule has 5 rings (SSSR count). The smallest absolute Gasteiger partial charge is 0.265 e. The van der Waals surface area contributed by atoms with Crippen molar-refractivity contribution < 1.29 is 9.21 Å². The highest BCUT2D eigenvalue weighted by Gasteiger charge is 2.37. The van der Waals surface area contributed by atoms with Crippen LogP contribution in [0.1, 0.15) is 62.6 Å². The third-order valence-corrected chi connectivity index (χ3v) is 5.87. The largest absolute Gasteiger partial charge is 0.419 e. The average Bonchev–Trinajstić information content (AvgIpc) is 3.17. The van der Waals surface area contributed by atoms with Crippen molar-refractivity contribution in [1.82, 2.24) is 25.5 Å². The van der Waals surface area contributed by atoms with Crippen molar-refractivity contribution in [2.24, 2.45) is 11.8 Å². The second-order valence-electron chi connectivity index (χ2n) is 7.75. The van der Waals surface area contributed by atoms with E-state index >= 15 is 0 Å². The first-order valence-corrected chi connectivity index (χ1v) is 9.44. The van der Waals surface area contributed by atoms with Gasteiger partial charge in [0.1, 0.15) is 11.5 Å². The van der Waals surface area contributed by atoms with Crippen molar-refractivity contribution >= 4 is 5.91 Å². The van der Waals surface area contributed by atoms with Crippen LogP contribution in [0.4, 0.5) is 0 Å². The number of piperidine rings is 1. The Labute approximate surface area is 146 Å². The molecule has 0 aromatic carbocycles. The molecular formula is C18H23N5O2. The lowest BCUT2D eigenvalue weighted by molar-refractivity contribution is -0.130. The maximum absolute atomic E-state index is 12.4. The summed E-state index contributed by atoms with van der Waals surface area (Å²) in [7, 11) is 0. The molecule has 3 atom stereocenters. The fourth-order valence-corrected chi connectivity index (χ4v) is 4.29. The lowest BCUT2D eigenvalue weighted by Gasteiger charge is -2.39. The van der Waals surface area contributed by atoms with Crippen LogP contribution in [0.3, 0.4) is 0 Å². The van der Waals surface area contributed by atoms with Crippen LogP contribution in [0, 0.1) is 11.8 Å². The van der Waals surface area contributed by atoms with E-state index in [9.17, 15) is 4.79 Å².